The second-order valence-corrected chi connectivity index (χ2v) is 6.65. The summed E-state index contributed by atoms with van der Waals surface area (Å²) in [6.07, 6.45) is 2.44. The van der Waals surface area contributed by atoms with Crippen LogP contribution in [-0.4, -0.2) is 35.9 Å². The average molecular weight is 389 g/mol. The van der Waals surface area contributed by atoms with E-state index in [0.717, 1.165) is 28.7 Å². The predicted octanol–water partition coefficient (Wildman–Crippen LogP) is 3.50. The number of nitrogens with one attached hydrogen (secondary N) is 2. The monoisotopic (exact) mass is 388 g/mol. The van der Waals surface area contributed by atoms with Crippen molar-refractivity contribution < 1.29 is 9.84 Å². The number of ether oxygens (including phenoxy) is 1. The van der Waals surface area contributed by atoms with Crippen molar-refractivity contribution in [1.29, 1.82) is 0 Å². The van der Waals surface area contributed by atoms with Gasteiger partial charge in [-0.1, -0.05) is 40.2 Å². The predicted molar refractivity (Wildman–Crippen MR) is 101 cm³/mol. The lowest BCUT2D eigenvalue weighted by molar-refractivity contribution is 0.106. The molecule has 1 heterocycles. The molecular weight excluding hydrogens is 368 g/mol. The van der Waals surface area contributed by atoms with E-state index in [-0.39, 0.29) is 6.61 Å². The Hall–Kier alpha value is -1.82. The number of para-hydroxylation sites is 1. The molecular formula is C19H21BrN2O2. The van der Waals surface area contributed by atoms with Crippen LogP contribution in [0.3, 0.4) is 0 Å². The van der Waals surface area contributed by atoms with Gasteiger partial charge in [-0.2, -0.15) is 0 Å². The van der Waals surface area contributed by atoms with E-state index in [9.17, 15) is 5.11 Å². The van der Waals surface area contributed by atoms with Gasteiger partial charge < -0.3 is 20.1 Å². The second-order valence-electron chi connectivity index (χ2n) is 5.74. The molecule has 0 aliphatic heterocycles. The van der Waals surface area contributed by atoms with Crippen LogP contribution in [0.1, 0.15) is 5.56 Å². The summed E-state index contributed by atoms with van der Waals surface area (Å²) in [6.45, 7) is 1.60. The van der Waals surface area contributed by atoms with Crippen molar-refractivity contribution in [3.63, 3.8) is 0 Å². The summed E-state index contributed by atoms with van der Waals surface area (Å²) in [5.41, 5.74) is 2.45. The van der Waals surface area contributed by atoms with Gasteiger partial charge in [0.2, 0.25) is 0 Å². The van der Waals surface area contributed by atoms with Crippen molar-refractivity contribution in [1.82, 2.24) is 10.3 Å². The number of H-pyrrole nitrogens is 1. The average Bonchev–Trinajstić information content (AvgIpc) is 3.00. The normalized spacial score (nSPS) is 12.4. The number of rotatable bonds is 8. The lowest BCUT2D eigenvalue weighted by atomic mass is 10.1. The molecule has 5 heteroatoms. The molecule has 1 aromatic heterocycles. The van der Waals surface area contributed by atoms with Gasteiger partial charge in [0.1, 0.15) is 18.5 Å². The van der Waals surface area contributed by atoms with Crippen LogP contribution in [0, 0.1) is 0 Å². The number of hydrogen-bond acceptors (Lipinski definition) is 3. The number of benzene rings is 2. The van der Waals surface area contributed by atoms with E-state index < -0.39 is 6.10 Å². The molecule has 0 radical (unpaired) electrons. The molecule has 4 nitrogen and oxygen atoms in total. The molecule has 126 valence electrons. The highest BCUT2D eigenvalue weighted by Gasteiger charge is 2.06. The van der Waals surface area contributed by atoms with Crippen molar-refractivity contribution >= 4 is 26.8 Å². The number of aliphatic hydroxyl groups is 1. The number of hydrogen-bond donors (Lipinski definition) is 3. The van der Waals surface area contributed by atoms with Gasteiger partial charge in [0.15, 0.2) is 0 Å². The Morgan fingerprint density at radius 2 is 2.04 bits per heavy atom. The topological polar surface area (TPSA) is 57.3 Å². The maximum Gasteiger partial charge on any atom is 0.120 e. The SMILES string of the molecule is O[C@@H](CNCCc1c[nH]c2ccccc12)COc1cccc(Br)c1. The molecule has 0 amide bonds. The van der Waals surface area contributed by atoms with E-state index >= 15 is 0 Å². The third kappa shape index (κ3) is 4.60. The largest absolute Gasteiger partial charge is 0.491 e. The van der Waals surface area contributed by atoms with Gasteiger partial charge in [0, 0.05) is 28.1 Å². The number of aliphatic hydroxyl groups excluding tert-OH is 1. The Labute approximate surface area is 150 Å². The van der Waals surface area contributed by atoms with Crippen LogP contribution in [0.4, 0.5) is 0 Å². The molecule has 0 bridgehead atoms. The molecule has 3 aromatic rings. The highest BCUT2D eigenvalue weighted by Crippen LogP contribution is 2.18. The second kappa shape index (κ2) is 8.33. The lowest BCUT2D eigenvalue weighted by Gasteiger charge is -2.13. The molecule has 24 heavy (non-hydrogen) atoms. The van der Waals surface area contributed by atoms with E-state index in [1.54, 1.807) is 0 Å². The van der Waals surface area contributed by atoms with E-state index in [1.165, 1.54) is 10.9 Å². The first kappa shape index (κ1) is 17.0. The van der Waals surface area contributed by atoms with Gasteiger partial charge in [-0.25, -0.2) is 0 Å². The fraction of sp³-hybridized carbons (Fsp3) is 0.263. The summed E-state index contributed by atoms with van der Waals surface area (Å²) in [5, 5.41) is 14.5. The van der Waals surface area contributed by atoms with E-state index in [4.69, 9.17) is 4.74 Å². The van der Waals surface area contributed by atoms with Crippen molar-refractivity contribution in [3.8, 4) is 5.75 Å². The highest BCUT2D eigenvalue weighted by atomic mass is 79.9. The van der Waals surface area contributed by atoms with Crippen LogP contribution in [0.5, 0.6) is 5.75 Å². The zero-order valence-electron chi connectivity index (χ0n) is 13.3. The Morgan fingerprint density at radius 3 is 2.92 bits per heavy atom. The third-order valence-electron chi connectivity index (χ3n) is 3.86. The molecule has 0 saturated heterocycles. The lowest BCUT2D eigenvalue weighted by Crippen LogP contribution is -2.32. The Balaban J connectivity index is 1.38. The van der Waals surface area contributed by atoms with Crippen molar-refractivity contribution in [2.75, 3.05) is 19.7 Å². The summed E-state index contributed by atoms with van der Waals surface area (Å²) in [6, 6.07) is 15.9. The van der Waals surface area contributed by atoms with Crippen LogP contribution in [0.15, 0.2) is 59.2 Å². The Kier molecular flexibility index (Phi) is 5.91. The first-order chi connectivity index (χ1) is 11.7. The van der Waals surface area contributed by atoms with Crippen LogP contribution in [0.2, 0.25) is 0 Å². The van der Waals surface area contributed by atoms with Gasteiger partial charge in [-0.05, 0) is 42.8 Å². The molecule has 0 aliphatic rings. The van der Waals surface area contributed by atoms with E-state index in [1.807, 2.05) is 30.3 Å². The molecule has 0 unspecified atom stereocenters. The minimum absolute atomic E-state index is 0.274. The van der Waals surface area contributed by atoms with Crippen LogP contribution in [-0.2, 0) is 6.42 Å². The Morgan fingerprint density at radius 1 is 1.17 bits per heavy atom. The first-order valence-corrected chi connectivity index (χ1v) is 8.84. The van der Waals surface area contributed by atoms with Crippen LogP contribution < -0.4 is 10.1 Å². The molecule has 0 spiro atoms. The quantitative estimate of drug-likeness (QED) is 0.517. The number of fused-ring (bicyclic) bond motifs is 1. The van der Waals surface area contributed by atoms with Crippen LogP contribution in [0.25, 0.3) is 10.9 Å². The van der Waals surface area contributed by atoms with Gasteiger partial charge in [-0.15, -0.1) is 0 Å². The Bertz CT molecular complexity index is 788. The molecule has 0 fully saturated rings. The number of aromatic amines is 1. The zero-order chi connectivity index (χ0) is 16.8. The van der Waals surface area contributed by atoms with Crippen molar-refractivity contribution in [3.05, 3.63) is 64.8 Å². The fourth-order valence-electron chi connectivity index (χ4n) is 2.64. The van der Waals surface area contributed by atoms with Crippen molar-refractivity contribution in [2.45, 2.75) is 12.5 Å². The highest BCUT2D eigenvalue weighted by molar-refractivity contribution is 9.10. The molecule has 0 saturated carbocycles. The summed E-state index contributed by atoms with van der Waals surface area (Å²) in [4.78, 5) is 3.28. The van der Waals surface area contributed by atoms with E-state index in [2.05, 4.69) is 50.6 Å². The zero-order valence-corrected chi connectivity index (χ0v) is 14.9. The first-order valence-electron chi connectivity index (χ1n) is 8.04. The summed E-state index contributed by atoms with van der Waals surface area (Å²) in [7, 11) is 0. The molecule has 1 atom stereocenters. The standard InChI is InChI=1S/C19H21BrN2O2/c20-15-4-3-5-17(10-15)24-13-16(23)12-21-9-8-14-11-22-19-7-2-1-6-18(14)19/h1-7,10-11,16,21-23H,8-9,12-13H2/t16-/m0/s1. The fourth-order valence-corrected chi connectivity index (χ4v) is 3.02. The maximum absolute atomic E-state index is 10.0. The molecule has 0 aliphatic carbocycles. The minimum Gasteiger partial charge on any atom is -0.491 e. The molecule has 2 aromatic carbocycles. The summed E-state index contributed by atoms with van der Waals surface area (Å²) < 4.78 is 6.55. The third-order valence-corrected chi connectivity index (χ3v) is 4.36. The van der Waals surface area contributed by atoms with Gasteiger partial charge >= 0.3 is 0 Å². The van der Waals surface area contributed by atoms with Gasteiger partial charge in [0.25, 0.3) is 0 Å². The van der Waals surface area contributed by atoms with Crippen molar-refractivity contribution in [2.24, 2.45) is 0 Å². The smallest absolute Gasteiger partial charge is 0.120 e. The minimum atomic E-state index is -0.535. The van der Waals surface area contributed by atoms with Gasteiger partial charge in [-0.3, -0.25) is 0 Å². The molecule has 3 N–H and O–H groups in total. The molecule has 3 rings (SSSR count). The number of halogens is 1. The van der Waals surface area contributed by atoms with E-state index in [0.29, 0.717) is 6.54 Å². The summed E-state index contributed by atoms with van der Waals surface area (Å²) >= 11 is 3.40. The number of aromatic nitrogens is 1. The van der Waals surface area contributed by atoms with Crippen LogP contribution >= 0.6 is 15.9 Å². The van der Waals surface area contributed by atoms with Gasteiger partial charge in [0.05, 0.1) is 0 Å². The maximum atomic E-state index is 10.0. The summed E-state index contributed by atoms with van der Waals surface area (Å²) in [5.74, 6) is 0.752.